The summed E-state index contributed by atoms with van der Waals surface area (Å²) >= 11 is 0. The van der Waals surface area contributed by atoms with Crippen LogP contribution in [0.1, 0.15) is 34.3 Å². The molecule has 0 radical (unpaired) electrons. The van der Waals surface area contributed by atoms with Crippen LogP contribution in [-0.4, -0.2) is 28.5 Å². The van der Waals surface area contributed by atoms with Crippen LogP contribution >= 0.6 is 0 Å². The molecule has 2 heterocycles. The van der Waals surface area contributed by atoms with Crippen molar-refractivity contribution in [3.05, 3.63) is 95.8 Å². The Kier molecular flexibility index (Phi) is 5.94. The van der Waals surface area contributed by atoms with Gasteiger partial charge in [0.25, 0.3) is 5.91 Å². The molecule has 1 unspecified atom stereocenters. The molecule has 4 rings (SSSR count). The summed E-state index contributed by atoms with van der Waals surface area (Å²) < 4.78 is 0. The maximum atomic E-state index is 12.5. The molecule has 6 nitrogen and oxygen atoms in total. The van der Waals surface area contributed by atoms with E-state index in [9.17, 15) is 9.59 Å². The van der Waals surface area contributed by atoms with E-state index < -0.39 is 6.10 Å². The Balaban J connectivity index is 1.27. The number of aromatic nitrogens is 1. The van der Waals surface area contributed by atoms with Crippen LogP contribution in [0.3, 0.4) is 0 Å². The number of aryl methyl sites for hydroxylation is 1. The summed E-state index contributed by atoms with van der Waals surface area (Å²) in [5, 5.41) is 6.87. The summed E-state index contributed by atoms with van der Waals surface area (Å²) in [4.78, 5) is 34.1. The fourth-order valence-corrected chi connectivity index (χ4v) is 3.23. The van der Waals surface area contributed by atoms with Crippen molar-refractivity contribution in [3.63, 3.8) is 0 Å². The summed E-state index contributed by atoms with van der Waals surface area (Å²) in [6, 6.07) is 20.5. The number of hydrogen-bond acceptors (Lipinski definition) is 5. The van der Waals surface area contributed by atoms with Gasteiger partial charge >= 0.3 is 0 Å². The number of nitrogens with one attached hydrogen (secondary N) is 1. The van der Waals surface area contributed by atoms with Gasteiger partial charge in [-0.15, -0.1) is 0 Å². The van der Waals surface area contributed by atoms with Crippen molar-refractivity contribution < 1.29 is 14.4 Å². The Morgan fingerprint density at radius 1 is 1.00 bits per heavy atom. The van der Waals surface area contributed by atoms with Gasteiger partial charge in [-0.2, -0.15) is 0 Å². The number of carbonyl (C=O) groups is 2. The molecule has 1 aromatic heterocycles. The van der Waals surface area contributed by atoms with Crippen molar-refractivity contribution in [1.29, 1.82) is 0 Å². The van der Waals surface area contributed by atoms with Gasteiger partial charge in [0, 0.05) is 42.0 Å². The maximum Gasteiger partial charge on any atom is 0.268 e. The van der Waals surface area contributed by atoms with Crippen molar-refractivity contribution in [2.24, 2.45) is 5.16 Å². The first kappa shape index (κ1) is 19.5. The zero-order chi connectivity index (χ0) is 20.8. The predicted octanol–water partition coefficient (Wildman–Crippen LogP) is 4.03. The summed E-state index contributed by atoms with van der Waals surface area (Å²) in [6.07, 6.45) is 4.21. The van der Waals surface area contributed by atoms with Crippen molar-refractivity contribution >= 4 is 23.1 Å². The van der Waals surface area contributed by atoms with E-state index in [1.165, 1.54) is 0 Å². The van der Waals surface area contributed by atoms with E-state index in [4.69, 9.17) is 4.84 Å². The van der Waals surface area contributed by atoms with Gasteiger partial charge in [-0.1, -0.05) is 47.6 Å². The average molecular weight is 399 g/mol. The van der Waals surface area contributed by atoms with E-state index >= 15 is 0 Å². The molecule has 0 aliphatic carbocycles. The van der Waals surface area contributed by atoms with Crippen LogP contribution in [0, 0.1) is 0 Å². The molecule has 0 saturated carbocycles. The monoisotopic (exact) mass is 399 g/mol. The Labute approximate surface area is 174 Å². The van der Waals surface area contributed by atoms with E-state index in [2.05, 4.69) is 15.5 Å². The first-order valence-electron chi connectivity index (χ1n) is 9.80. The molecule has 1 aliphatic rings. The largest absolute Gasteiger partial charge is 0.382 e. The maximum absolute atomic E-state index is 12.5. The Morgan fingerprint density at radius 3 is 2.53 bits per heavy atom. The lowest BCUT2D eigenvalue weighted by atomic mass is 10.0. The molecule has 0 spiro atoms. The number of benzene rings is 2. The van der Waals surface area contributed by atoms with Crippen molar-refractivity contribution in [1.82, 2.24) is 4.98 Å². The van der Waals surface area contributed by atoms with Crippen LogP contribution in [-0.2, 0) is 16.1 Å². The highest BCUT2D eigenvalue weighted by Crippen LogP contribution is 2.19. The number of carbonyl (C=O) groups excluding carboxylic acids is 2. The first-order valence-corrected chi connectivity index (χ1v) is 9.80. The SMILES string of the molecule is O=C(CCc1ccc(NC(=O)C2CC(c3cccnc3)=NO2)cc1)c1ccccc1. The minimum Gasteiger partial charge on any atom is -0.382 e. The van der Waals surface area contributed by atoms with Gasteiger partial charge in [0.05, 0.1) is 5.71 Å². The van der Waals surface area contributed by atoms with Gasteiger partial charge < -0.3 is 10.2 Å². The fraction of sp³-hybridized carbons (Fsp3) is 0.167. The van der Waals surface area contributed by atoms with E-state index in [0.717, 1.165) is 16.7 Å². The van der Waals surface area contributed by atoms with Gasteiger partial charge in [0.2, 0.25) is 6.10 Å². The molecule has 0 fully saturated rings. The standard InChI is InChI=1S/C24H21N3O3/c28-22(18-5-2-1-3-6-18)13-10-17-8-11-20(12-9-17)26-24(29)23-15-21(27-30-23)19-7-4-14-25-16-19/h1-9,11-12,14,16,23H,10,13,15H2,(H,26,29). The second kappa shape index (κ2) is 9.13. The number of ketones is 1. The Morgan fingerprint density at radius 2 is 1.80 bits per heavy atom. The lowest BCUT2D eigenvalue weighted by Crippen LogP contribution is -2.28. The molecule has 1 atom stereocenters. The van der Waals surface area contributed by atoms with E-state index in [0.29, 0.717) is 30.7 Å². The molecule has 1 aliphatic heterocycles. The third kappa shape index (κ3) is 4.78. The Bertz CT molecular complexity index is 1050. The van der Waals surface area contributed by atoms with Crippen molar-refractivity contribution in [3.8, 4) is 0 Å². The van der Waals surface area contributed by atoms with Crippen LogP contribution < -0.4 is 5.32 Å². The number of rotatable bonds is 7. The second-order valence-electron chi connectivity index (χ2n) is 7.05. The molecular weight excluding hydrogens is 378 g/mol. The molecule has 150 valence electrons. The molecule has 0 bridgehead atoms. The van der Waals surface area contributed by atoms with Crippen LogP contribution in [0.5, 0.6) is 0 Å². The number of pyridine rings is 1. The highest BCUT2D eigenvalue weighted by Gasteiger charge is 2.29. The number of Topliss-reactive ketones (excluding diaryl/α,β-unsaturated/α-hetero) is 1. The number of hydrogen-bond donors (Lipinski definition) is 1. The predicted molar refractivity (Wildman–Crippen MR) is 114 cm³/mol. The lowest BCUT2D eigenvalue weighted by molar-refractivity contribution is -0.125. The first-order chi connectivity index (χ1) is 14.7. The molecule has 6 heteroatoms. The zero-order valence-corrected chi connectivity index (χ0v) is 16.3. The van der Waals surface area contributed by atoms with E-state index in [1.54, 1.807) is 12.4 Å². The quantitative estimate of drug-likeness (QED) is 0.608. The summed E-state index contributed by atoms with van der Waals surface area (Å²) in [5.74, 6) is -0.125. The normalized spacial score (nSPS) is 15.2. The number of amides is 1. The third-order valence-electron chi connectivity index (χ3n) is 4.91. The van der Waals surface area contributed by atoms with Crippen molar-refractivity contribution in [2.45, 2.75) is 25.4 Å². The smallest absolute Gasteiger partial charge is 0.268 e. The zero-order valence-electron chi connectivity index (χ0n) is 16.3. The highest BCUT2D eigenvalue weighted by molar-refractivity contribution is 6.05. The molecule has 1 amide bonds. The molecule has 0 saturated heterocycles. The topological polar surface area (TPSA) is 80.7 Å². The molecule has 2 aromatic carbocycles. The van der Waals surface area contributed by atoms with E-state index in [-0.39, 0.29) is 11.7 Å². The number of nitrogens with zero attached hydrogens (tertiary/aromatic N) is 2. The van der Waals surface area contributed by atoms with E-state index in [1.807, 2.05) is 66.7 Å². The van der Waals surface area contributed by atoms with Gasteiger partial charge in [0.1, 0.15) is 0 Å². The second-order valence-corrected chi connectivity index (χ2v) is 7.05. The fourth-order valence-electron chi connectivity index (χ4n) is 3.23. The van der Waals surface area contributed by atoms with Gasteiger partial charge in [0.15, 0.2) is 5.78 Å². The van der Waals surface area contributed by atoms with Crippen LogP contribution in [0.4, 0.5) is 5.69 Å². The number of anilines is 1. The summed E-state index contributed by atoms with van der Waals surface area (Å²) in [5.41, 5.74) is 4.00. The lowest BCUT2D eigenvalue weighted by Gasteiger charge is -2.10. The molecular formula is C24H21N3O3. The minimum absolute atomic E-state index is 0.121. The van der Waals surface area contributed by atoms with Crippen molar-refractivity contribution in [2.75, 3.05) is 5.32 Å². The Hall–Kier alpha value is -3.80. The molecule has 1 N–H and O–H groups in total. The minimum atomic E-state index is -0.664. The van der Waals surface area contributed by atoms with Gasteiger partial charge in [-0.3, -0.25) is 14.6 Å². The average Bonchev–Trinajstić information content (AvgIpc) is 3.30. The van der Waals surface area contributed by atoms with Crippen LogP contribution in [0.25, 0.3) is 0 Å². The molecule has 3 aromatic rings. The number of oxime groups is 1. The highest BCUT2D eigenvalue weighted by atomic mass is 16.6. The van der Waals surface area contributed by atoms with Gasteiger partial charge in [-0.25, -0.2) is 0 Å². The van der Waals surface area contributed by atoms with Crippen LogP contribution in [0.15, 0.2) is 84.3 Å². The molecule has 30 heavy (non-hydrogen) atoms. The summed E-state index contributed by atoms with van der Waals surface area (Å²) in [6.45, 7) is 0. The van der Waals surface area contributed by atoms with Crippen LogP contribution in [0.2, 0.25) is 0 Å². The van der Waals surface area contributed by atoms with Gasteiger partial charge in [-0.05, 0) is 36.2 Å². The third-order valence-corrected chi connectivity index (χ3v) is 4.91. The summed E-state index contributed by atoms with van der Waals surface area (Å²) in [7, 11) is 0.